The Bertz CT molecular complexity index is 740. The van der Waals surface area contributed by atoms with Crippen molar-refractivity contribution in [1.82, 2.24) is 0 Å². The van der Waals surface area contributed by atoms with E-state index in [1.165, 1.54) is 25.3 Å². The smallest absolute Gasteiger partial charge is 0.311 e. The molecule has 0 N–H and O–H groups in total. The summed E-state index contributed by atoms with van der Waals surface area (Å²) < 4.78 is 11.1. The third-order valence-electron chi connectivity index (χ3n) is 2.64. The van der Waals surface area contributed by atoms with Crippen molar-refractivity contribution in [2.45, 2.75) is 0 Å². The molecule has 0 aliphatic heterocycles. The quantitative estimate of drug-likeness (QED) is 0.614. The first-order chi connectivity index (χ1) is 10.0. The van der Waals surface area contributed by atoms with Gasteiger partial charge in [0, 0.05) is 12.1 Å². The number of hydrogen-bond donors (Lipinski definition) is 0. The first-order valence-corrected chi connectivity index (χ1v) is 6.54. The summed E-state index contributed by atoms with van der Waals surface area (Å²) in [5.41, 5.74) is 0.279. The highest BCUT2D eigenvalue weighted by atomic mass is 79.9. The Morgan fingerprint density at radius 1 is 1.24 bits per heavy atom. The normalized spacial score (nSPS) is 9.76. The molecule has 0 aliphatic carbocycles. The van der Waals surface area contributed by atoms with E-state index in [9.17, 15) is 10.1 Å². The average molecular weight is 349 g/mol. The van der Waals surface area contributed by atoms with Crippen LogP contribution in [-0.4, -0.2) is 12.0 Å². The second-order valence-corrected chi connectivity index (χ2v) is 4.80. The number of benzene rings is 2. The summed E-state index contributed by atoms with van der Waals surface area (Å²) in [6, 6.07) is 10.9. The highest BCUT2D eigenvalue weighted by molar-refractivity contribution is 9.10. The molecule has 0 heterocycles. The van der Waals surface area contributed by atoms with E-state index in [4.69, 9.17) is 14.7 Å². The average Bonchev–Trinajstić information content (AvgIpc) is 2.48. The third kappa shape index (κ3) is 3.30. The maximum Gasteiger partial charge on any atom is 0.311 e. The van der Waals surface area contributed by atoms with Crippen LogP contribution in [0.15, 0.2) is 40.9 Å². The molecule has 0 amide bonds. The van der Waals surface area contributed by atoms with Crippen LogP contribution in [0.2, 0.25) is 0 Å². The van der Waals surface area contributed by atoms with Gasteiger partial charge >= 0.3 is 5.69 Å². The minimum absolute atomic E-state index is 0.0600. The van der Waals surface area contributed by atoms with E-state index in [-0.39, 0.29) is 11.4 Å². The Balaban J connectivity index is 2.43. The van der Waals surface area contributed by atoms with Gasteiger partial charge in [-0.2, -0.15) is 5.26 Å². The number of nitriles is 1. The number of methoxy groups -OCH3 is 1. The molecule has 0 aromatic heterocycles. The second kappa shape index (κ2) is 6.24. The van der Waals surface area contributed by atoms with Gasteiger partial charge in [-0.05, 0) is 40.2 Å². The van der Waals surface area contributed by atoms with Crippen LogP contribution >= 0.6 is 15.9 Å². The standard InChI is InChI=1S/C14H9BrN2O4/c1-20-10-3-4-12(17(18)19)14(7-10)21-13-5-2-9(8-16)6-11(13)15/h2-7H,1H3. The number of nitrogens with zero attached hydrogens (tertiary/aromatic N) is 2. The molecule has 7 heteroatoms. The van der Waals surface area contributed by atoms with Crippen molar-refractivity contribution < 1.29 is 14.4 Å². The van der Waals surface area contributed by atoms with Gasteiger partial charge in [0.05, 0.1) is 28.1 Å². The largest absolute Gasteiger partial charge is 0.497 e. The number of hydrogen-bond acceptors (Lipinski definition) is 5. The topological polar surface area (TPSA) is 85.4 Å². The fraction of sp³-hybridized carbons (Fsp3) is 0.0714. The maximum atomic E-state index is 11.0. The minimum atomic E-state index is -0.535. The van der Waals surface area contributed by atoms with Gasteiger partial charge in [-0.3, -0.25) is 10.1 Å². The summed E-state index contributed by atoms with van der Waals surface area (Å²) in [5.74, 6) is 0.871. The van der Waals surface area contributed by atoms with E-state index < -0.39 is 4.92 Å². The highest BCUT2D eigenvalue weighted by Crippen LogP contribution is 2.37. The number of rotatable bonds is 4. The lowest BCUT2D eigenvalue weighted by Gasteiger charge is -2.09. The molecule has 2 rings (SSSR count). The second-order valence-electron chi connectivity index (χ2n) is 3.95. The van der Waals surface area contributed by atoms with E-state index >= 15 is 0 Å². The Labute approximate surface area is 128 Å². The molecule has 0 saturated heterocycles. The van der Waals surface area contributed by atoms with Crippen molar-refractivity contribution in [3.05, 3.63) is 56.5 Å². The lowest BCUT2D eigenvalue weighted by molar-refractivity contribution is -0.385. The van der Waals surface area contributed by atoms with Crippen LogP contribution in [0.1, 0.15) is 5.56 Å². The molecule has 0 saturated carbocycles. The fourth-order valence-electron chi connectivity index (χ4n) is 1.63. The molecule has 2 aromatic rings. The molecule has 0 atom stereocenters. The molecule has 106 valence electrons. The van der Waals surface area contributed by atoms with Crippen molar-refractivity contribution in [2.75, 3.05) is 7.11 Å². The monoisotopic (exact) mass is 348 g/mol. The Hall–Kier alpha value is -2.59. The molecule has 0 unspecified atom stereocenters. The molecule has 0 radical (unpaired) electrons. The number of nitro benzene ring substituents is 1. The predicted octanol–water partition coefficient (Wildman–Crippen LogP) is 4.03. The van der Waals surface area contributed by atoms with Crippen LogP contribution in [0, 0.1) is 21.4 Å². The van der Waals surface area contributed by atoms with Crippen molar-refractivity contribution in [2.24, 2.45) is 0 Å². The number of halogens is 1. The summed E-state index contributed by atoms with van der Waals surface area (Å²) in [5, 5.41) is 19.8. The van der Waals surface area contributed by atoms with Gasteiger partial charge in [-0.25, -0.2) is 0 Å². The van der Waals surface area contributed by atoms with Crippen LogP contribution in [0.5, 0.6) is 17.2 Å². The number of ether oxygens (including phenoxy) is 2. The third-order valence-corrected chi connectivity index (χ3v) is 3.26. The first kappa shape index (κ1) is 14.8. The van der Waals surface area contributed by atoms with Crippen molar-refractivity contribution >= 4 is 21.6 Å². The molecule has 6 nitrogen and oxygen atoms in total. The maximum absolute atomic E-state index is 11.0. The molecular formula is C14H9BrN2O4. The molecular weight excluding hydrogens is 340 g/mol. The van der Waals surface area contributed by atoms with Crippen LogP contribution < -0.4 is 9.47 Å². The lowest BCUT2D eigenvalue weighted by atomic mass is 10.2. The van der Waals surface area contributed by atoms with Crippen LogP contribution in [0.4, 0.5) is 5.69 Å². The van der Waals surface area contributed by atoms with E-state index in [1.54, 1.807) is 18.2 Å². The molecule has 0 aliphatic rings. The molecule has 0 bridgehead atoms. The number of nitro groups is 1. The van der Waals surface area contributed by atoms with Crippen LogP contribution in [0.3, 0.4) is 0 Å². The van der Waals surface area contributed by atoms with Gasteiger partial charge in [-0.1, -0.05) is 0 Å². The Kier molecular flexibility index (Phi) is 4.40. The summed E-state index contributed by atoms with van der Waals surface area (Å²) in [4.78, 5) is 10.5. The van der Waals surface area contributed by atoms with Gasteiger partial charge in [0.1, 0.15) is 11.5 Å². The molecule has 0 spiro atoms. The zero-order chi connectivity index (χ0) is 15.4. The van der Waals surface area contributed by atoms with Gasteiger partial charge in [0.25, 0.3) is 0 Å². The lowest BCUT2D eigenvalue weighted by Crippen LogP contribution is -1.95. The summed E-state index contributed by atoms with van der Waals surface area (Å²) >= 11 is 3.27. The van der Waals surface area contributed by atoms with Crippen LogP contribution in [0.25, 0.3) is 0 Å². The Morgan fingerprint density at radius 3 is 2.57 bits per heavy atom. The first-order valence-electron chi connectivity index (χ1n) is 5.75. The molecule has 2 aromatic carbocycles. The van der Waals surface area contributed by atoms with Gasteiger partial charge in [-0.15, -0.1) is 0 Å². The zero-order valence-electron chi connectivity index (χ0n) is 10.9. The Morgan fingerprint density at radius 2 is 2.00 bits per heavy atom. The predicted molar refractivity (Wildman–Crippen MR) is 78.6 cm³/mol. The van der Waals surface area contributed by atoms with E-state index in [1.807, 2.05) is 6.07 Å². The van der Waals surface area contributed by atoms with Crippen molar-refractivity contribution in [3.63, 3.8) is 0 Å². The minimum Gasteiger partial charge on any atom is -0.497 e. The fourth-order valence-corrected chi connectivity index (χ4v) is 2.09. The zero-order valence-corrected chi connectivity index (χ0v) is 12.5. The summed E-state index contributed by atoms with van der Waals surface area (Å²) in [7, 11) is 1.46. The SMILES string of the molecule is COc1ccc([N+](=O)[O-])c(Oc2ccc(C#N)cc2Br)c1. The van der Waals surface area contributed by atoms with Crippen molar-refractivity contribution in [3.8, 4) is 23.3 Å². The van der Waals surface area contributed by atoms with E-state index in [0.717, 1.165) is 0 Å². The van der Waals surface area contributed by atoms with E-state index in [2.05, 4.69) is 15.9 Å². The molecule has 0 fully saturated rings. The molecule has 21 heavy (non-hydrogen) atoms. The van der Waals surface area contributed by atoms with Crippen LogP contribution in [-0.2, 0) is 0 Å². The van der Waals surface area contributed by atoms with Gasteiger partial charge in [0.2, 0.25) is 5.75 Å². The van der Waals surface area contributed by atoms with Gasteiger partial charge < -0.3 is 9.47 Å². The van der Waals surface area contributed by atoms with Gasteiger partial charge in [0.15, 0.2) is 0 Å². The summed E-state index contributed by atoms with van der Waals surface area (Å²) in [6.45, 7) is 0. The van der Waals surface area contributed by atoms with E-state index in [0.29, 0.717) is 21.5 Å². The summed E-state index contributed by atoms with van der Waals surface area (Å²) in [6.07, 6.45) is 0. The van der Waals surface area contributed by atoms with Crippen molar-refractivity contribution in [1.29, 1.82) is 5.26 Å². The highest BCUT2D eigenvalue weighted by Gasteiger charge is 2.18.